The van der Waals surface area contributed by atoms with Crippen LogP contribution in [0.3, 0.4) is 0 Å². The van der Waals surface area contributed by atoms with Crippen molar-refractivity contribution in [3.8, 4) is 0 Å². The summed E-state index contributed by atoms with van der Waals surface area (Å²) in [4.78, 5) is 16.8. The molecule has 0 aliphatic carbocycles. The highest BCUT2D eigenvalue weighted by molar-refractivity contribution is 6.29. The Morgan fingerprint density at radius 1 is 1.67 bits per heavy atom. The van der Waals surface area contributed by atoms with Crippen LogP contribution in [-0.2, 0) is 17.9 Å². The topological polar surface area (TPSA) is 58.4 Å². The largest absolute Gasteiger partial charge is 0.480 e. The van der Waals surface area contributed by atoms with Gasteiger partial charge in [-0.3, -0.25) is 9.69 Å². The fraction of sp³-hybridized carbons (Fsp3) is 0.556. The second kappa shape index (κ2) is 3.83. The maximum absolute atomic E-state index is 10.8. The Bertz CT molecular complexity index is 391. The molecule has 5 nitrogen and oxygen atoms in total. The van der Waals surface area contributed by atoms with Gasteiger partial charge in [-0.1, -0.05) is 11.6 Å². The summed E-state index contributed by atoms with van der Waals surface area (Å²) in [5.41, 5.74) is 0. The Morgan fingerprint density at radius 2 is 2.40 bits per heavy atom. The second-order valence-electron chi connectivity index (χ2n) is 3.63. The molecule has 6 heteroatoms. The number of hydrogen-bond donors (Lipinski definition) is 1. The number of imidazole rings is 1. The minimum atomic E-state index is -0.805. The number of nitrogens with zero attached hydrogens (tertiary/aromatic N) is 3. The van der Waals surface area contributed by atoms with E-state index >= 15 is 0 Å². The lowest BCUT2D eigenvalue weighted by Gasteiger charge is -2.30. The van der Waals surface area contributed by atoms with E-state index in [2.05, 4.69) is 4.98 Å². The van der Waals surface area contributed by atoms with Crippen LogP contribution in [0.5, 0.6) is 0 Å². The molecule has 82 valence electrons. The zero-order valence-corrected chi connectivity index (χ0v) is 9.11. The second-order valence-corrected chi connectivity index (χ2v) is 4.02. The molecule has 1 aromatic heterocycles. The van der Waals surface area contributed by atoms with Gasteiger partial charge in [0.2, 0.25) is 0 Å². The predicted octanol–water partition coefficient (Wildman–Crippen LogP) is 0.825. The number of rotatable bonds is 2. The Kier molecular flexibility index (Phi) is 2.67. The van der Waals surface area contributed by atoms with E-state index in [9.17, 15) is 4.79 Å². The molecule has 15 heavy (non-hydrogen) atoms. The van der Waals surface area contributed by atoms with Crippen molar-refractivity contribution in [2.24, 2.45) is 0 Å². The van der Waals surface area contributed by atoms with Crippen molar-refractivity contribution in [3.63, 3.8) is 0 Å². The van der Waals surface area contributed by atoms with Crippen molar-refractivity contribution in [2.45, 2.75) is 26.1 Å². The highest BCUT2D eigenvalue weighted by atomic mass is 35.5. The zero-order valence-electron chi connectivity index (χ0n) is 8.35. The first kappa shape index (κ1) is 10.4. The molecule has 0 saturated heterocycles. The molecule has 0 saturated carbocycles. The fourth-order valence-electron chi connectivity index (χ4n) is 1.73. The lowest BCUT2D eigenvalue weighted by molar-refractivity contribution is -0.143. The van der Waals surface area contributed by atoms with Crippen LogP contribution in [0.2, 0.25) is 5.15 Å². The Hall–Kier alpha value is -1.07. The van der Waals surface area contributed by atoms with Gasteiger partial charge in [-0.15, -0.1) is 0 Å². The standard InChI is InChI=1S/C9H12ClN3O2/c1-6(9(14)15)12-2-3-13-7(10)4-11-8(13)5-12/h4,6H,2-3,5H2,1H3,(H,14,15)/t6-/m1/s1. The van der Waals surface area contributed by atoms with Crippen LogP contribution < -0.4 is 0 Å². The predicted molar refractivity (Wildman–Crippen MR) is 54.7 cm³/mol. The monoisotopic (exact) mass is 229 g/mol. The average molecular weight is 230 g/mol. The molecule has 1 N–H and O–H groups in total. The summed E-state index contributed by atoms with van der Waals surface area (Å²) in [5, 5.41) is 9.51. The molecule has 0 bridgehead atoms. The number of halogens is 1. The number of hydrogen-bond acceptors (Lipinski definition) is 3. The van der Waals surface area contributed by atoms with E-state index in [4.69, 9.17) is 16.7 Å². The fourth-order valence-corrected chi connectivity index (χ4v) is 1.96. The van der Waals surface area contributed by atoms with E-state index in [0.717, 1.165) is 5.82 Å². The van der Waals surface area contributed by atoms with Crippen molar-refractivity contribution < 1.29 is 9.90 Å². The maximum Gasteiger partial charge on any atom is 0.320 e. The van der Waals surface area contributed by atoms with Crippen LogP contribution >= 0.6 is 11.6 Å². The third kappa shape index (κ3) is 1.85. The van der Waals surface area contributed by atoms with Crippen LogP contribution in [0.25, 0.3) is 0 Å². The average Bonchev–Trinajstić information content (AvgIpc) is 2.59. The van der Waals surface area contributed by atoms with Crippen LogP contribution in [0.1, 0.15) is 12.7 Å². The lowest BCUT2D eigenvalue weighted by Crippen LogP contribution is -2.43. The third-order valence-electron chi connectivity index (χ3n) is 2.75. The van der Waals surface area contributed by atoms with Gasteiger partial charge in [0, 0.05) is 13.1 Å². The summed E-state index contributed by atoms with van der Waals surface area (Å²) in [6.45, 7) is 3.62. The number of carbonyl (C=O) groups is 1. The molecule has 1 aliphatic rings. The highest BCUT2D eigenvalue weighted by Gasteiger charge is 2.26. The summed E-state index contributed by atoms with van der Waals surface area (Å²) in [7, 11) is 0. The molecule has 0 radical (unpaired) electrons. The molecule has 1 atom stereocenters. The van der Waals surface area contributed by atoms with Gasteiger partial charge in [0.1, 0.15) is 17.0 Å². The van der Waals surface area contributed by atoms with E-state index in [0.29, 0.717) is 24.8 Å². The molecule has 1 aliphatic heterocycles. The SMILES string of the molecule is C[C@H](C(=O)O)N1CCn2c(Cl)cnc2C1. The maximum atomic E-state index is 10.8. The Morgan fingerprint density at radius 3 is 3.07 bits per heavy atom. The number of fused-ring (bicyclic) bond motifs is 1. The van der Waals surface area contributed by atoms with Crippen molar-refractivity contribution in [2.75, 3.05) is 6.54 Å². The molecule has 1 aromatic rings. The van der Waals surface area contributed by atoms with E-state index in [1.165, 1.54) is 0 Å². The van der Waals surface area contributed by atoms with Crippen LogP contribution in [0.15, 0.2) is 6.20 Å². The third-order valence-corrected chi connectivity index (χ3v) is 3.05. The number of carboxylic acids is 1. The van der Waals surface area contributed by atoms with Crippen molar-refractivity contribution in [1.29, 1.82) is 0 Å². The quantitative estimate of drug-likeness (QED) is 0.816. The first-order valence-corrected chi connectivity index (χ1v) is 5.14. The van der Waals surface area contributed by atoms with Crippen molar-refractivity contribution in [3.05, 3.63) is 17.2 Å². The van der Waals surface area contributed by atoms with Gasteiger partial charge >= 0.3 is 5.97 Å². The van der Waals surface area contributed by atoms with Gasteiger partial charge < -0.3 is 9.67 Å². The first-order valence-electron chi connectivity index (χ1n) is 4.76. The minimum absolute atomic E-state index is 0.478. The molecule has 0 fully saturated rings. The van der Waals surface area contributed by atoms with Crippen molar-refractivity contribution >= 4 is 17.6 Å². The molecule has 2 rings (SSSR count). The Balaban J connectivity index is 2.15. The smallest absolute Gasteiger partial charge is 0.320 e. The normalized spacial score (nSPS) is 18.5. The Labute approximate surface area is 92.3 Å². The number of carboxylic acid groups (broad SMARTS) is 1. The lowest BCUT2D eigenvalue weighted by atomic mass is 10.2. The summed E-state index contributed by atoms with van der Waals surface area (Å²) in [5.74, 6) is 0.0282. The molecule has 0 unspecified atom stereocenters. The molecule has 0 aromatic carbocycles. The van der Waals surface area contributed by atoms with Gasteiger partial charge in [0.25, 0.3) is 0 Å². The molecule has 0 spiro atoms. The van der Waals surface area contributed by atoms with Gasteiger partial charge in [-0.2, -0.15) is 0 Å². The van der Waals surface area contributed by atoms with Gasteiger partial charge in [-0.25, -0.2) is 4.98 Å². The van der Waals surface area contributed by atoms with Crippen LogP contribution in [0, 0.1) is 0 Å². The van der Waals surface area contributed by atoms with Crippen molar-refractivity contribution in [1.82, 2.24) is 14.5 Å². The van der Waals surface area contributed by atoms with Gasteiger partial charge in [0.15, 0.2) is 0 Å². The van der Waals surface area contributed by atoms with Crippen LogP contribution in [-0.4, -0.2) is 38.1 Å². The molecule has 2 heterocycles. The van der Waals surface area contributed by atoms with E-state index < -0.39 is 12.0 Å². The highest BCUT2D eigenvalue weighted by Crippen LogP contribution is 2.19. The minimum Gasteiger partial charge on any atom is -0.480 e. The molecular weight excluding hydrogens is 218 g/mol. The van der Waals surface area contributed by atoms with Gasteiger partial charge in [0.05, 0.1) is 12.7 Å². The number of aliphatic carboxylic acids is 1. The summed E-state index contributed by atoms with van der Waals surface area (Å²) in [6.07, 6.45) is 1.60. The van der Waals surface area contributed by atoms with E-state index in [1.807, 2.05) is 9.47 Å². The summed E-state index contributed by atoms with van der Waals surface area (Å²) in [6, 6.07) is -0.478. The van der Waals surface area contributed by atoms with Crippen LogP contribution in [0.4, 0.5) is 0 Å². The van der Waals surface area contributed by atoms with Gasteiger partial charge in [-0.05, 0) is 6.92 Å². The van der Waals surface area contributed by atoms with E-state index in [-0.39, 0.29) is 0 Å². The summed E-state index contributed by atoms with van der Waals surface area (Å²) < 4.78 is 1.91. The number of aromatic nitrogens is 2. The first-order chi connectivity index (χ1) is 7.09. The zero-order chi connectivity index (χ0) is 11.0. The van der Waals surface area contributed by atoms with E-state index in [1.54, 1.807) is 13.1 Å². The summed E-state index contributed by atoms with van der Waals surface area (Å²) >= 11 is 5.91. The molecular formula is C9H12ClN3O2. The molecule has 0 amide bonds.